The zero-order valence-corrected chi connectivity index (χ0v) is 34.4. The number of halogens is 2. The fourth-order valence-electron chi connectivity index (χ4n) is 6.20. The molecule has 0 aliphatic carbocycles. The first-order valence-electron chi connectivity index (χ1n) is 20.7. The van der Waals surface area contributed by atoms with Gasteiger partial charge in [0.1, 0.15) is 13.2 Å². The molecule has 290 valence electrons. The number of nitrogens with zero attached hydrogens (tertiary/aromatic N) is 1. The molecular weight excluding hydrogens is 653 g/mol. The highest BCUT2D eigenvalue weighted by atomic mass is 35.5. The Kier molecular flexibility index (Phi) is 33.8. The van der Waals surface area contributed by atoms with Crippen molar-refractivity contribution in [1.29, 1.82) is 0 Å². The fraction of sp³-hybridized carbons (Fsp3) is 0.905. The lowest BCUT2D eigenvalue weighted by Crippen LogP contribution is -2.45. The third-order valence-corrected chi connectivity index (χ3v) is 10.4. The van der Waals surface area contributed by atoms with E-state index in [4.69, 9.17) is 32.7 Å². The second kappa shape index (κ2) is 34.3. The first-order chi connectivity index (χ1) is 23.6. The molecule has 0 spiro atoms. The summed E-state index contributed by atoms with van der Waals surface area (Å²) in [5.74, 6) is -0.394. The van der Waals surface area contributed by atoms with E-state index in [-0.39, 0.29) is 29.3 Å². The third kappa shape index (κ3) is 35.4. The second-order valence-corrected chi connectivity index (χ2v) is 16.6. The first kappa shape index (κ1) is 48.2. The van der Waals surface area contributed by atoms with Crippen LogP contribution in [-0.4, -0.2) is 67.6 Å². The smallest absolute Gasteiger partial charge is 0.306 e. The van der Waals surface area contributed by atoms with Crippen LogP contribution in [0.4, 0.5) is 0 Å². The number of unbranched alkanes of at least 4 members (excludes halogenated alkanes) is 20. The Labute approximate surface area is 314 Å². The Morgan fingerprint density at radius 2 is 0.939 bits per heavy atom. The molecule has 0 aromatic heterocycles. The van der Waals surface area contributed by atoms with E-state index in [0.717, 1.165) is 70.6 Å². The molecule has 5 nitrogen and oxygen atoms in total. The van der Waals surface area contributed by atoms with E-state index in [1.165, 1.54) is 96.3 Å². The summed E-state index contributed by atoms with van der Waals surface area (Å²) in [7, 11) is 6.17. The van der Waals surface area contributed by atoms with Gasteiger partial charge in [0.25, 0.3) is 0 Å². The maximum Gasteiger partial charge on any atom is 0.306 e. The Hall–Kier alpha value is -0.780. The highest BCUT2D eigenvalue weighted by Gasteiger charge is 2.24. The third-order valence-electron chi connectivity index (χ3n) is 9.21. The average Bonchev–Trinajstić information content (AvgIpc) is 3.05. The standard InChI is InChI=1S/C42H80Cl2NO4/c1-6-8-10-12-14-15-16-17-18-19-20-21-22-26-30-34-41(46)48-37-38(36-45(3,4)5)49-42(47)35-31-27-23-25-29-33-40(44)39(43)32-28-24-13-11-9-7-2/h17-18,38-40H,6-16,19-37H2,1-5H3/q+1. The van der Waals surface area contributed by atoms with Gasteiger partial charge >= 0.3 is 11.9 Å². The molecule has 0 aliphatic heterocycles. The molecule has 0 aliphatic rings. The predicted octanol–water partition coefficient (Wildman–Crippen LogP) is 12.9. The molecular formula is C42H80Cl2NO4+. The van der Waals surface area contributed by atoms with Crippen LogP contribution in [0.2, 0.25) is 0 Å². The SMILES string of the molecule is CCCCCCCCC=CCCCCCCCC(=O)OCC(C[N+](C)(C)C)OC(=O)CCCCCCCC(Cl)C(Cl)CCCCCCCC. The maximum atomic E-state index is 12.6. The summed E-state index contributed by atoms with van der Waals surface area (Å²) < 4.78 is 12.0. The average molecular weight is 734 g/mol. The Morgan fingerprint density at radius 1 is 0.551 bits per heavy atom. The number of ether oxygens (including phenoxy) is 2. The molecule has 0 saturated heterocycles. The number of carbonyl (C=O) groups excluding carboxylic acids is 2. The number of carbonyl (C=O) groups is 2. The van der Waals surface area contributed by atoms with Gasteiger partial charge in [0, 0.05) is 23.6 Å². The molecule has 0 amide bonds. The van der Waals surface area contributed by atoms with E-state index in [2.05, 4.69) is 47.1 Å². The highest BCUT2D eigenvalue weighted by Crippen LogP contribution is 2.23. The van der Waals surface area contributed by atoms with Crippen molar-refractivity contribution >= 4 is 35.1 Å². The molecule has 0 radical (unpaired) electrons. The van der Waals surface area contributed by atoms with Crippen molar-refractivity contribution in [2.24, 2.45) is 0 Å². The second-order valence-electron chi connectivity index (χ2n) is 15.5. The number of hydrogen-bond donors (Lipinski definition) is 0. The Bertz CT molecular complexity index is 785. The van der Waals surface area contributed by atoms with Crippen LogP contribution in [-0.2, 0) is 19.1 Å². The summed E-state index contributed by atoms with van der Waals surface area (Å²) in [6.45, 7) is 5.24. The monoisotopic (exact) mass is 733 g/mol. The topological polar surface area (TPSA) is 52.6 Å². The number of esters is 2. The van der Waals surface area contributed by atoms with Crippen LogP contribution in [0.15, 0.2) is 12.2 Å². The van der Waals surface area contributed by atoms with Gasteiger partial charge in [-0.3, -0.25) is 9.59 Å². The summed E-state index contributed by atoms with van der Waals surface area (Å²) >= 11 is 13.1. The Balaban J connectivity index is 3.98. The zero-order valence-electron chi connectivity index (χ0n) is 32.9. The van der Waals surface area contributed by atoms with E-state index in [9.17, 15) is 9.59 Å². The quantitative estimate of drug-likeness (QED) is 0.0211. The molecule has 7 heteroatoms. The number of likely N-dealkylation sites (N-methyl/N-ethyl adjacent to an activating group) is 1. The predicted molar refractivity (Wildman–Crippen MR) is 213 cm³/mol. The summed E-state index contributed by atoms with van der Waals surface area (Å²) in [6.07, 6.45) is 35.8. The van der Waals surface area contributed by atoms with Crippen LogP contribution in [0.1, 0.15) is 194 Å². The summed E-state index contributed by atoms with van der Waals surface area (Å²) in [5.41, 5.74) is 0. The van der Waals surface area contributed by atoms with Gasteiger partial charge in [-0.2, -0.15) is 0 Å². The van der Waals surface area contributed by atoms with Gasteiger partial charge in [-0.15, -0.1) is 23.2 Å². The number of rotatable bonds is 36. The van der Waals surface area contributed by atoms with Crippen molar-refractivity contribution in [2.45, 2.75) is 210 Å². The lowest BCUT2D eigenvalue weighted by Gasteiger charge is -2.28. The molecule has 0 fully saturated rings. The van der Waals surface area contributed by atoms with Crippen molar-refractivity contribution in [3.05, 3.63) is 12.2 Å². The molecule has 49 heavy (non-hydrogen) atoms. The van der Waals surface area contributed by atoms with E-state index in [0.29, 0.717) is 23.9 Å². The van der Waals surface area contributed by atoms with Gasteiger partial charge in [0.2, 0.25) is 0 Å². The fourth-order valence-corrected chi connectivity index (χ4v) is 6.76. The van der Waals surface area contributed by atoms with E-state index in [1.54, 1.807) is 0 Å². The minimum atomic E-state index is -0.425. The number of alkyl halides is 2. The van der Waals surface area contributed by atoms with E-state index < -0.39 is 6.10 Å². The first-order valence-corrected chi connectivity index (χ1v) is 21.5. The minimum Gasteiger partial charge on any atom is -0.461 e. The van der Waals surface area contributed by atoms with Gasteiger partial charge in [0.15, 0.2) is 6.10 Å². The largest absolute Gasteiger partial charge is 0.461 e. The van der Waals surface area contributed by atoms with Gasteiger partial charge in [-0.1, -0.05) is 142 Å². The number of allylic oxidation sites excluding steroid dienone is 2. The van der Waals surface area contributed by atoms with Crippen molar-refractivity contribution in [3.63, 3.8) is 0 Å². The van der Waals surface area contributed by atoms with Crippen LogP contribution >= 0.6 is 23.2 Å². The van der Waals surface area contributed by atoms with Crippen molar-refractivity contribution in [1.82, 2.24) is 0 Å². The molecule has 0 heterocycles. The van der Waals surface area contributed by atoms with Crippen molar-refractivity contribution < 1.29 is 23.5 Å². The molecule has 0 rings (SSSR count). The van der Waals surface area contributed by atoms with Crippen LogP contribution in [0.25, 0.3) is 0 Å². The summed E-state index contributed by atoms with van der Waals surface area (Å²) in [6, 6.07) is 0. The number of quaternary nitrogens is 1. The van der Waals surface area contributed by atoms with Crippen molar-refractivity contribution in [3.8, 4) is 0 Å². The van der Waals surface area contributed by atoms with E-state index >= 15 is 0 Å². The lowest BCUT2D eigenvalue weighted by molar-refractivity contribution is -0.873. The van der Waals surface area contributed by atoms with Gasteiger partial charge in [0.05, 0.1) is 21.1 Å². The van der Waals surface area contributed by atoms with Gasteiger partial charge in [-0.05, 0) is 51.4 Å². The van der Waals surface area contributed by atoms with Crippen LogP contribution < -0.4 is 0 Å². The molecule has 0 N–H and O–H groups in total. The minimum absolute atomic E-state index is 0.0430. The maximum absolute atomic E-state index is 12.6. The molecule has 0 aromatic carbocycles. The van der Waals surface area contributed by atoms with Crippen LogP contribution in [0.3, 0.4) is 0 Å². The molecule has 3 unspecified atom stereocenters. The summed E-state index contributed by atoms with van der Waals surface area (Å²) in [4.78, 5) is 25.0. The summed E-state index contributed by atoms with van der Waals surface area (Å²) in [5, 5.41) is 0.106. The van der Waals surface area contributed by atoms with E-state index in [1.807, 2.05) is 0 Å². The normalized spacial score (nSPS) is 13.9. The highest BCUT2D eigenvalue weighted by molar-refractivity contribution is 6.29. The molecule has 0 aromatic rings. The molecule has 0 bridgehead atoms. The Morgan fingerprint density at radius 3 is 1.39 bits per heavy atom. The van der Waals surface area contributed by atoms with Gasteiger partial charge in [-0.25, -0.2) is 0 Å². The zero-order chi connectivity index (χ0) is 36.4. The molecule has 3 atom stereocenters. The van der Waals surface area contributed by atoms with Crippen LogP contribution in [0, 0.1) is 0 Å². The lowest BCUT2D eigenvalue weighted by atomic mass is 10.0. The van der Waals surface area contributed by atoms with Crippen molar-refractivity contribution in [2.75, 3.05) is 34.3 Å². The number of hydrogen-bond acceptors (Lipinski definition) is 4. The van der Waals surface area contributed by atoms with Crippen LogP contribution in [0.5, 0.6) is 0 Å². The van der Waals surface area contributed by atoms with Gasteiger partial charge < -0.3 is 14.0 Å². The molecule has 0 saturated carbocycles.